The molecule has 1 aromatic rings. The molecular weight excluding hydrogens is 294 g/mol. The molecule has 1 aromatic carbocycles. The van der Waals surface area contributed by atoms with E-state index in [1.807, 2.05) is 6.92 Å². The lowest BCUT2D eigenvalue weighted by Gasteiger charge is -2.39. The second-order valence-corrected chi connectivity index (χ2v) is 5.95. The smallest absolute Gasteiger partial charge is 0.329 e. The Labute approximate surface area is 127 Å². The van der Waals surface area contributed by atoms with Crippen LogP contribution < -0.4 is 5.32 Å². The number of phenolic OH excluding ortho intramolecular Hbond substituents is 1. The minimum Gasteiger partial charge on any atom is -0.506 e. The SMILES string of the molecule is CC1CCCCC1(NC(=O)c1ccc(O)c(Cl)c1)C(=O)O. The molecule has 0 bridgehead atoms. The molecule has 21 heavy (non-hydrogen) atoms. The molecule has 0 heterocycles. The van der Waals surface area contributed by atoms with Crippen molar-refractivity contribution in [1.29, 1.82) is 0 Å². The Kier molecular flexibility index (Phi) is 4.42. The predicted octanol–water partition coefficient (Wildman–Crippen LogP) is 2.81. The number of carbonyl (C=O) groups excluding carboxylic acids is 1. The predicted molar refractivity (Wildman–Crippen MR) is 78.6 cm³/mol. The van der Waals surface area contributed by atoms with E-state index < -0.39 is 17.4 Å². The summed E-state index contributed by atoms with van der Waals surface area (Å²) in [5, 5.41) is 21.7. The minimum absolute atomic E-state index is 0.0590. The van der Waals surface area contributed by atoms with Gasteiger partial charge in [0.15, 0.2) is 0 Å². The zero-order chi connectivity index (χ0) is 15.6. The normalized spacial score (nSPS) is 25.3. The van der Waals surface area contributed by atoms with E-state index in [2.05, 4.69) is 5.32 Å². The Morgan fingerprint density at radius 3 is 2.67 bits per heavy atom. The number of hydrogen-bond acceptors (Lipinski definition) is 3. The van der Waals surface area contributed by atoms with E-state index in [1.165, 1.54) is 18.2 Å². The number of benzene rings is 1. The number of carboxylic acids is 1. The molecule has 2 atom stereocenters. The van der Waals surface area contributed by atoms with Gasteiger partial charge in [-0.15, -0.1) is 0 Å². The van der Waals surface area contributed by atoms with Crippen molar-refractivity contribution in [3.05, 3.63) is 28.8 Å². The summed E-state index contributed by atoms with van der Waals surface area (Å²) >= 11 is 5.78. The minimum atomic E-state index is -1.24. The average molecular weight is 312 g/mol. The fraction of sp³-hybridized carbons (Fsp3) is 0.467. The molecule has 5 nitrogen and oxygen atoms in total. The molecule has 0 aromatic heterocycles. The molecule has 0 aliphatic heterocycles. The van der Waals surface area contributed by atoms with Crippen molar-refractivity contribution >= 4 is 23.5 Å². The van der Waals surface area contributed by atoms with Crippen molar-refractivity contribution in [2.45, 2.75) is 38.1 Å². The van der Waals surface area contributed by atoms with Gasteiger partial charge in [-0.3, -0.25) is 4.79 Å². The lowest BCUT2D eigenvalue weighted by atomic mass is 9.73. The topological polar surface area (TPSA) is 86.6 Å². The van der Waals surface area contributed by atoms with E-state index in [1.54, 1.807) is 0 Å². The Morgan fingerprint density at radius 1 is 1.38 bits per heavy atom. The van der Waals surface area contributed by atoms with Crippen molar-refractivity contribution in [3.63, 3.8) is 0 Å². The lowest BCUT2D eigenvalue weighted by Crippen LogP contribution is -2.60. The first-order valence-electron chi connectivity index (χ1n) is 6.91. The molecule has 1 fully saturated rings. The van der Waals surface area contributed by atoms with Crippen LogP contribution in [0.1, 0.15) is 43.0 Å². The first-order chi connectivity index (χ1) is 9.86. The second kappa shape index (κ2) is 5.93. The Bertz CT molecular complexity index is 575. The van der Waals surface area contributed by atoms with Crippen molar-refractivity contribution in [2.24, 2.45) is 5.92 Å². The molecule has 1 aliphatic carbocycles. The highest BCUT2D eigenvalue weighted by Crippen LogP contribution is 2.34. The number of aliphatic carboxylic acids is 1. The van der Waals surface area contributed by atoms with Gasteiger partial charge in [-0.25, -0.2) is 4.79 Å². The number of amides is 1. The van der Waals surface area contributed by atoms with Gasteiger partial charge >= 0.3 is 5.97 Å². The number of hydrogen-bond donors (Lipinski definition) is 3. The van der Waals surface area contributed by atoms with Crippen LogP contribution in [0.4, 0.5) is 0 Å². The monoisotopic (exact) mass is 311 g/mol. The molecular formula is C15H18ClNO4. The van der Waals surface area contributed by atoms with Gasteiger partial charge in [-0.05, 0) is 37.0 Å². The summed E-state index contributed by atoms with van der Waals surface area (Å²) in [6.45, 7) is 1.84. The van der Waals surface area contributed by atoms with Crippen molar-refractivity contribution < 1.29 is 19.8 Å². The van der Waals surface area contributed by atoms with Gasteiger partial charge in [-0.2, -0.15) is 0 Å². The summed E-state index contributed by atoms with van der Waals surface area (Å²) in [6, 6.07) is 4.06. The summed E-state index contributed by atoms with van der Waals surface area (Å²) < 4.78 is 0. The van der Waals surface area contributed by atoms with E-state index in [-0.39, 0.29) is 22.3 Å². The van der Waals surface area contributed by atoms with Crippen LogP contribution in [0.2, 0.25) is 5.02 Å². The van der Waals surface area contributed by atoms with Crippen molar-refractivity contribution in [2.75, 3.05) is 0 Å². The quantitative estimate of drug-likeness (QED) is 0.801. The van der Waals surface area contributed by atoms with Gasteiger partial charge in [0.1, 0.15) is 11.3 Å². The number of rotatable bonds is 3. The number of phenols is 1. The van der Waals surface area contributed by atoms with Gasteiger partial charge in [0.2, 0.25) is 0 Å². The van der Waals surface area contributed by atoms with Gasteiger partial charge in [-0.1, -0.05) is 31.4 Å². The molecule has 0 saturated heterocycles. The summed E-state index contributed by atoms with van der Waals surface area (Å²) in [5.74, 6) is -1.76. The van der Waals surface area contributed by atoms with Crippen LogP contribution in [0.15, 0.2) is 18.2 Å². The van der Waals surface area contributed by atoms with Crippen molar-refractivity contribution in [3.8, 4) is 5.75 Å². The average Bonchev–Trinajstić information content (AvgIpc) is 2.44. The molecule has 0 radical (unpaired) electrons. The van der Waals surface area contributed by atoms with Crippen LogP contribution >= 0.6 is 11.6 Å². The number of halogens is 1. The summed E-state index contributed by atoms with van der Waals surface area (Å²) in [5.41, 5.74) is -1.00. The maximum Gasteiger partial charge on any atom is 0.329 e. The number of carboxylic acid groups (broad SMARTS) is 1. The van der Waals surface area contributed by atoms with Crippen molar-refractivity contribution in [1.82, 2.24) is 5.32 Å². The Hall–Kier alpha value is -1.75. The molecule has 2 rings (SSSR count). The first kappa shape index (κ1) is 15.6. The van der Waals surface area contributed by atoms with Crippen LogP contribution in [0.25, 0.3) is 0 Å². The maximum absolute atomic E-state index is 12.3. The zero-order valence-electron chi connectivity index (χ0n) is 11.7. The third-order valence-corrected chi connectivity index (χ3v) is 4.53. The standard InChI is InChI=1S/C15H18ClNO4/c1-9-4-2-3-7-15(9,14(20)21)17-13(19)10-5-6-12(18)11(16)8-10/h5-6,8-9,18H,2-4,7H2,1H3,(H,17,19)(H,20,21). The molecule has 3 N–H and O–H groups in total. The van der Waals surface area contributed by atoms with Gasteiger partial charge in [0.05, 0.1) is 5.02 Å². The molecule has 6 heteroatoms. The Balaban J connectivity index is 2.26. The number of nitrogens with one attached hydrogen (secondary N) is 1. The third kappa shape index (κ3) is 2.97. The van der Waals surface area contributed by atoms with Crippen LogP contribution in [0.3, 0.4) is 0 Å². The maximum atomic E-state index is 12.3. The number of carbonyl (C=O) groups is 2. The largest absolute Gasteiger partial charge is 0.506 e. The van der Waals surface area contributed by atoms with Gasteiger partial charge < -0.3 is 15.5 Å². The van der Waals surface area contributed by atoms with E-state index in [0.717, 1.165) is 19.3 Å². The lowest BCUT2D eigenvalue weighted by molar-refractivity contribution is -0.148. The van der Waals surface area contributed by atoms with E-state index in [9.17, 15) is 19.8 Å². The van der Waals surface area contributed by atoms with Crippen LogP contribution in [-0.4, -0.2) is 27.6 Å². The van der Waals surface area contributed by atoms with Crippen LogP contribution in [-0.2, 0) is 4.79 Å². The van der Waals surface area contributed by atoms with E-state index in [4.69, 9.17) is 11.6 Å². The molecule has 2 unspecified atom stereocenters. The van der Waals surface area contributed by atoms with Crippen LogP contribution in [0, 0.1) is 5.92 Å². The summed E-state index contributed by atoms with van der Waals surface area (Å²) in [6.07, 6.45) is 2.92. The highest BCUT2D eigenvalue weighted by Gasteiger charge is 2.46. The first-order valence-corrected chi connectivity index (χ1v) is 7.29. The summed E-state index contributed by atoms with van der Waals surface area (Å²) in [7, 11) is 0. The third-order valence-electron chi connectivity index (χ3n) is 4.23. The van der Waals surface area contributed by atoms with Crippen LogP contribution in [0.5, 0.6) is 5.75 Å². The summed E-state index contributed by atoms with van der Waals surface area (Å²) in [4.78, 5) is 24.0. The fourth-order valence-electron chi connectivity index (χ4n) is 2.83. The number of aromatic hydroxyl groups is 1. The zero-order valence-corrected chi connectivity index (χ0v) is 12.5. The van der Waals surface area contributed by atoms with Gasteiger partial charge in [0, 0.05) is 5.56 Å². The fourth-order valence-corrected chi connectivity index (χ4v) is 3.01. The highest BCUT2D eigenvalue weighted by atomic mass is 35.5. The molecule has 0 spiro atoms. The van der Waals surface area contributed by atoms with E-state index in [0.29, 0.717) is 6.42 Å². The Morgan fingerprint density at radius 2 is 2.10 bits per heavy atom. The van der Waals surface area contributed by atoms with E-state index >= 15 is 0 Å². The molecule has 1 saturated carbocycles. The highest BCUT2D eigenvalue weighted by molar-refractivity contribution is 6.32. The second-order valence-electron chi connectivity index (χ2n) is 5.54. The van der Waals surface area contributed by atoms with Gasteiger partial charge in [0.25, 0.3) is 5.91 Å². The molecule has 1 amide bonds. The molecule has 1 aliphatic rings. The molecule has 114 valence electrons.